The molecule has 5 heteroatoms. The summed E-state index contributed by atoms with van der Waals surface area (Å²) < 4.78 is 0. The third kappa shape index (κ3) is 4.99. The Bertz CT molecular complexity index is 369. The van der Waals surface area contributed by atoms with Crippen LogP contribution in [0, 0.1) is 17.8 Å². The summed E-state index contributed by atoms with van der Waals surface area (Å²) in [7, 11) is 0. The van der Waals surface area contributed by atoms with Crippen LogP contribution >= 0.6 is 0 Å². The summed E-state index contributed by atoms with van der Waals surface area (Å²) in [6.07, 6.45) is 0.973. The van der Waals surface area contributed by atoms with Gasteiger partial charge in [-0.1, -0.05) is 34.6 Å². The second kappa shape index (κ2) is 7.78. The van der Waals surface area contributed by atoms with Crippen molar-refractivity contribution < 1.29 is 14.7 Å². The molecule has 3 atom stereocenters. The lowest BCUT2D eigenvalue weighted by Crippen LogP contribution is -2.55. The lowest BCUT2D eigenvalue weighted by atomic mass is 9.87. The molecule has 21 heavy (non-hydrogen) atoms. The van der Waals surface area contributed by atoms with Crippen LogP contribution in [-0.4, -0.2) is 47.1 Å². The van der Waals surface area contributed by atoms with Gasteiger partial charge >= 0.3 is 0 Å². The molecule has 1 rings (SSSR count). The van der Waals surface area contributed by atoms with E-state index in [-0.39, 0.29) is 35.6 Å². The zero-order chi connectivity index (χ0) is 16.2. The van der Waals surface area contributed by atoms with Crippen LogP contribution in [0.25, 0.3) is 0 Å². The second-order valence-electron chi connectivity index (χ2n) is 6.73. The van der Waals surface area contributed by atoms with Crippen molar-refractivity contribution in [2.24, 2.45) is 17.8 Å². The number of aliphatic hydroxyl groups excluding tert-OH is 1. The van der Waals surface area contributed by atoms with Crippen molar-refractivity contribution in [2.75, 3.05) is 13.1 Å². The third-order valence-corrected chi connectivity index (χ3v) is 4.12. The molecule has 5 nitrogen and oxygen atoms in total. The predicted molar refractivity (Wildman–Crippen MR) is 82.6 cm³/mol. The van der Waals surface area contributed by atoms with E-state index in [4.69, 9.17) is 0 Å². The summed E-state index contributed by atoms with van der Waals surface area (Å²) >= 11 is 0. The van der Waals surface area contributed by atoms with Gasteiger partial charge in [0.15, 0.2) is 0 Å². The topological polar surface area (TPSA) is 69.6 Å². The first kappa shape index (κ1) is 18.0. The molecule has 1 saturated heterocycles. The van der Waals surface area contributed by atoms with E-state index in [0.29, 0.717) is 19.5 Å². The van der Waals surface area contributed by atoms with Crippen molar-refractivity contribution in [3.63, 3.8) is 0 Å². The molecule has 0 spiro atoms. The van der Waals surface area contributed by atoms with Crippen molar-refractivity contribution in [3.05, 3.63) is 0 Å². The number of rotatable bonds is 5. The maximum Gasteiger partial charge on any atom is 0.225 e. The Kier molecular flexibility index (Phi) is 6.65. The number of nitrogens with zero attached hydrogens (tertiary/aromatic N) is 1. The van der Waals surface area contributed by atoms with Crippen molar-refractivity contribution in [1.29, 1.82) is 0 Å². The maximum atomic E-state index is 12.3. The first-order chi connectivity index (χ1) is 9.76. The van der Waals surface area contributed by atoms with Gasteiger partial charge < -0.3 is 15.3 Å². The molecule has 0 radical (unpaired) electrons. The minimum absolute atomic E-state index is 0.00332. The summed E-state index contributed by atoms with van der Waals surface area (Å²) in [5.74, 6) is -0.0148. The molecule has 0 saturated carbocycles. The molecule has 0 aliphatic carbocycles. The fraction of sp³-hybridized carbons (Fsp3) is 0.875. The highest BCUT2D eigenvalue weighted by atomic mass is 16.3. The van der Waals surface area contributed by atoms with E-state index in [0.717, 1.165) is 6.42 Å². The van der Waals surface area contributed by atoms with Crippen LogP contribution in [0.3, 0.4) is 0 Å². The van der Waals surface area contributed by atoms with E-state index in [1.54, 1.807) is 4.90 Å². The number of carbonyl (C=O) groups excluding carboxylic acids is 2. The molecule has 2 N–H and O–H groups in total. The van der Waals surface area contributed by atoms with E-state index in [9.17, 15) is 14.7 Å². The van der Waals surface area contributed by atoms with Crippen molar-refractivity contribution in [2.45, 2.75) is 59.6 Å². The average molecular weight is 298 g/mol. The normalized spacial score (nSPS) is 24.3. The van der Waals surface area contributed by atoms with Gasteiger partial charge in [-0.2, -0.15) is 0 Å². The van der Waals surface area contributed by atoms with Crippen LogP contribution in [0.5, 0.6) is 0 Å². The van der Waals surface area contributed by atoms with E-state index < -0.39 is 6.10 Å². The monoisotopic (exact) mass is 298 g/mol. The number of carbonyl (C=O) groups is 2. The van der Waals surface area contributed by atoms with Crippen LogP contribution in [0.2, 0.25) is 0 Å². The summed E-state index contributed by atoms with van der Waals surface area (Å²) in [4.78, 5) is 25.9. The highest BCUT2D eigenvalue weighted by Gasteiger charge is 2.34. The number of amides is 2. The van der Waals surface area contributed by atoms with Crippen LogP contribution < -0.4 is 5.32 Å². The SMILES string of the molecule is CCC(O)C1CC(NC(=O)C(C)C)CN(C(=O)C(C)C)C1. The molecular formula is C16H30N2O3. The van der Waals surface area contributed by atoms with Crippen molar-refractivity contribution >= 4 is 11.8 Å². The van der Waals surface area contributed by atoms with Gasteiger partial charge in [-0.25, -0.2) is 0 Å². The molecule has 0 aromatic heterocycles. The van der Waals surface area contributed by atoms with E-state index in [1.165, 1.54) is 0 Å². The van der Waals surface area contributed by atoms with Crippen molar-refractivity contribution in [1.82, 2.24) is 10.2 Å². The van der Waals surface area contributed by atoms with Gasteiger partial charge in [0.25, 0.3) is 0 Å². The zero-order valence-corrected chi connectivity index (χ0v) is 13.9. The van der Waals surface area contributed by atoms with E-state index in [2.05, 4.69) is 5.32 Å². The van der Waals surface area contributed by atoms with Gasteiger partial charge in [-0.05, 0) is 12.8 Å². The fourth-order valence-electron chi connectivity index (χ4n) is 2.77. The smallest absolute Gasteiger partial charge is 0.225 e. The van der Waals surface area contributed by atoms with Gasteiger partial charge in [0.2, 0.25) is 11.8 Å². The van der Waals surface area contributed by atoms with Gasteiger partial charge in [0.05, 0.1) is 6.10 Å². The average Bonchev–Trinajstić information content (AvgIpc) is 2.44. The van der Waals surface area contributed by atoms with Crippen LogP contribution in [0.1, 0.15) is 47.5 Å². The lowest BCUT2D eigenvalue weighted by molar-refractivity contribution is -0.139. The summed E-state index contributed by atoms with van der Waals surface area (Å²) in [6, 6.07) is -0.0671. The summed E-state index contributed by atoms with van der Waals surface area (Å²) in [6.45, 7) is 10.5. The number of likely N-dealkylation sites (tertiary alicyclic amines) is 1. The lowest BCUT2D eigenvalue weighted by Gasteiger charge is -2.40. The summed E-state index contributed by atoms with van der Waals surface area (Å²) in [5, 5.41) is 13.1. The van der Waals surface area contributed by atoms with Crippen LogP contribution in [0.4, 0.5) is 0 Å². The van der Waals surface area contributed by atoms with Crippen LogP contribution in [-0.2, 0) is 9.59 Å². The molecule has 3 unspecified atom stereocenters. The van der Waals surface area contributed by atoms with Gasteiger partial charge in [-0.15, -0.1) is 0 Å². The number of aliphatic hydroxyl groups is 1. The Morgan fingerprint density at radius 1 is 1.19 bits per heavy atom. The highest BCUT2D eigenvalue weighted by molar-refractivity contribution is 5.79. The highest BCUT2D eigenvalue weighted by Crippen LogP contribution is 2.23. The number of nitrogens with one attached hydrogen (secondary N) is 1. The quantitative estimate of drug-likeness (QED) is 0.806. The molecule has 0 bridgehead atoms. The Balaban J connectivity index is 2.79. The summed E-state index contributed by atoms with van der Waals surface area (Å²) in [5.41, 5.74) is 0. The first-order valence-corrected chi connectivity index (χ1v) is 8.03. The van der Waals surface area contributed by atoms with E-state index in [1.807, 2.05) is 34.6 Å². The second-order valence-corrected chi connectivity index (χ2v) is 6.73. The largest absolute Gasteiger partial charge is 0.393 e. The Labute approximate surface area is 128 Å². The minimum atomic E-state index is -0.425. The maximum absolute atomic E-state index is 12.3. The molecule has 122 valence electrons. The fourth-order valence-corrected chi connectivity index (χ4v) is 2.77. The zero-order valence-electron chi connectivity index (χ0n) is 13.9. The molecule has 2 amide bonds. The van der Waals surface area contributed by atoms with Gasteiger partial charge in [0.1, 0.15) is 0 Å². The predicted octanol–water partition coefficient (Wildman–Crippen LogP) is 1.40. The molecule has 1 aliphatic heterocycles. The number of hydrogen-bond donors (Lipinski definition) is 2. The first-order valence-electron chi connectivity index (χ1n) is 8.03. The molecule has 0 aromatic rings. The molecule has 1 heterocycles. The molecular weight excluding hydrogens is 268 g/mol. The Morgan fingerprint density at radius 3 is 2.29 bits per heavy atom. The third-order valence-electron chi connectivity index (χ3n) is 4.12. The standard InChI is InChI=1S/C16H30N2O3/c1-6-14(19)12-7-13(17-15(20)10(2)3)9-18(8-12)16(21)11(4)5/h10-14,19H,6-9H2,1-5H3,(H,17,20). The Morgan fingerprint density at radius 2 is 1.81 bits per heavy atom. The molecule has 0 aromatic carbocycles. The minimum Gasteiger partial charge on any atom is -0.393 e. The van der Waals surface area contributed by atoms with Crippen molar-refractivity contribution in [3.8, 4) is 0 Å². The number of piperidine rings is 1. The van der Waals surface area contributed by atoms with Gasteiger partial charge in [-0.3, -0.25) is 9.59 Å². The number of hydrogen-bond acceptors (Lipinski definition) is 3. The van der Waals surface area contributed by atoms with E-state index >= 15 is 0 Å². The molecule has 1 aliphatic rings. The molecule has 1 fully saturated rings. The van der Waals surface area contributed by atoms with Crippen LogP contribution in [0.15, 0.2) is 0 Å². The van der Waals surface area contributed by atoms with Gasteiger partial charge in [0, 0.05) is 36.9 Å². The Hall–Kier alpha value is -1.10.